The summed E-state index contributed by atoms with van der Waals surface area (Å²) >= 11 is 1.56. The highest BCUT2D eigenvalue weighted by molar-refractivity contribution is 7.07. The molecule has 0 amide bonds. The fourth-order valence-corrected chi connectivity index (χ4v) is 4.75. The molecule has 4 aromatic rings. The van der Waals surface area contributed by atoms with Gasteiger partial charge in [-0.15, -0.1) is 11.3 Å². The Morgan fingerprint density at radius 3 is 2.26 bits per heavy atom. The summed E-state index contributed by atoms with van der Waals surface area (Å²) in [5.41, 5.74) is 2.75. The van der Waals surface area contributed by atoms with Crippen LogP contribution < -0.4 is 23.7 Å². The predicted molar refractivity (Wildman–Crippen MR) is 142 cm³/mol. The molecule has 3 aromatic carbocycles. The summed E-state index contributed by atoms with van der Waals surface area (Å²) in [6, 6.07) is 16.2. The highest BCUT2D eigenvalue weighted by Gasteiger charge is 2.15. The zero-order chi connectivity index (χ0) is 24.9. The predicted octanol–water partition coefficient (Wildman–Crippen LogP) is 5.60. The number of methoxy groups -OCH3 is 4. The van der Waals surface area contributed by atoms with Crippen LogP contribution in [0.5, 0.6) is 23.0 Å². The molecule has 0 N–H and O–H groups in total. The quantitative estimate of drug-likeness (QED) is 0.301. The second-order valence-electron chi connectivity index (χ2n) is 8.03. The number of rotatable bonds is 8. The monoisotopic (exact) mass is 491 g/mol. The van der Waals surface area contributed by atoms with E-state index >= 15 is 0 Å². The molecular formula is C27H29N3O4S. The molecule has 0 atom stereocenters. The molecular weight excluding hydrogens is 462 g/mol. The van der Waals surface area contributed by atoms with Crippen LogP contribution in [-0.2, 0) is 0 Å². The lowest BCUT2D eigenvalue weighted by Gasteiger charge is -2.13. The van der Waals surface area contributed by atoms with Gasteiger partial charge in [0, 0.05) is 22.5 Å². The maximum atomic E-state index is 5.62. The average molecular weight is 492 g/mol. The lowest BCUT2D eigenvalue weighted by molar-refractivity contribution is 0.324. The minimum atomic E-state index is 0.127. The van der Waals surface area contributed by atoms with Gasteiger partial charge in [-0.05, 0) is 55.0 Å². The zero-order valence-electron chi connectivity index (χ0n) is 20.7. The molecule has 0 fully saturated rings. The molecule has 0 spiro atoms. The van der Waals surface area contributed by atoms with E-state index in [1.54, 1.807) is 46.0 Å². The number of ether oxygens (including phenoxy) is 4. The first kappa shape index (κ1) is 24.3. The van der Waals surface area contributed by atoms with Crippen LogP contribution in [0, 0.1) is 0 Å². The van der Waals surface area contributed by atoms with Gasteiger partial charge in [0.05, 0.1) is 40.3 Å². The summed E-state index contributed by atoms with van der Waals surface area (Å²) in [6.45, 7) is 4.10. The van der Waals surface area contributed by atoms with Crippen molar-refractivity contribution in [2.75, 3.05) is 28.4 Å². The first-order valence-electron chi connectivity index (χ1n) is 11.1. The van der Waals surface area contributed by atoms with Crippen molar-refractivity contribution < 1.29 is 18.9 Å². The Hall–Kier alpha value is -3.78. The van der Waals surface area contributed by atoms with Crippen LogP contribution in [0.15, 0.2) is 64.0 Å². The maximum Gasteiger partial charge on any atom is 0.206 e. The minimum Gasteiger partial charge on any atom is -0.497 e. The number of aromatic nitrogens is 1. The van der Waals surface area contributed by atoms with Gasteiger partial charge in [0.2, 0.25) is 10.6 Å². The van der Waals surface area contributed by atoms with E-state index in [1.165, 1.54) is 0 Å². The van der Waals surface area contributed by atoms with Gasteiger partial charge in [0.15, 0.2) is 11.5 Å². The van der Waals surface area contributed by atoms with Crippen LogP contribution in [0.1, 0.15) is 19.4 Å². The van der Waals surface area contributed by atoms with E-state index in [4.69, 9.17) is 29.0 Å². The van der Waals surface area contributed by atoms with Crippen LogP contribution in [0.3, 0.4) is 0 Å². The summed E-state index contributed by atoms with van der Waals surface area (Å²) in [4.78, 5) is 5.59. The second-order valence-corrected chi connectivity index (χ2v) is 8.87. The Balaban J connectivity index is 1.84. The first-order valence-corrected chi connectivity index (χ1v) is 12.0. The lowest BCUT2D eigenvalue weighted by Crippen LogP contribution is -2.14. The summed E-state index contributed by atoms with van der Waals surface area (Å²) in [5.74, 6) is 2.50. The van der Waals surface area contributed by atoms with Crippen LogP contribution in [-0.4, -0.2) is 45.4 Å². The summed E-state index contributed by atoms with van der Waals surface area (Å²) < 4.78 is 23.8. The van der Waals surface area contributed by atoms with Crippen LogP contribution in [0.2, 0.25) is 0 Å². The molecule has 0 aliphatic carbocycles. The maximum absolute atomic E-state index is 5.62. The summed E-state index contributed by atoms with van der Waals surface area (Å²) in [7, 11) is 6.45. The van der Waals surface area contributed by atoms with Gasteiger partial charge in [-0.25, -0.2) is 4.68 Å². The Labute approximate surface area is 208 Å². The number of hydrogen-bond acceptors (Lipinski definition) is 7. The number of thiazole rings is 1. The standard InChI is InChI=1S/C27H29N3O4S/c1-17(2)29-27-30(28-15-21-10-12-24(32-4)26(34-6)25(21)33-5)23(16-35-27)20-8-7-19-14-22(31-3)11-9-18(19)13-20/h7-17H,1-6H3. The molecule has 0 radical (unpaired) electrons. The van der Waals surface area contributed by atoms with Gasteiger partial charge in [-0.2, -0.15) is 5.10 Å². The molecule has 4 rings (SSSR count). The lowest BCUT2D eigenvalue weighted by atomic mass is 10.1. The van der Waals surface area contributed by atoms with E-state index in [-0.39, 0.29) is 6.04 Å². The van der Waals surface area contributed by atoms with Crippen molar-refractivity contribution in [2.24, 2.45) is 10.1 Å². The van der Waals surface area contributed by atoms with Crippen LogP contribution >= 0.6 is 11.3 Å². The van der Waals surface area contributed by atoms with Crippen molar-refractivity contribution in [1.82, 2.24) is 4.68 Å². The molecule has 7 nitrogen and oxygen atoms in total. The zero-order valence-corrected chi connectivity index (χ0v) is 21.6. The number of fused-ring (bicyclic) bond motifs is 1. The molecule has 1 aromatic heterocycles. The molecule has 0 aliphatic rings. The van der Waals surface area contributed by atoms with Crippen molar-refractivity contribution in [3.63, 3.8) is 0 Å². The smallest absolute Gasteiger partial charge is 0.206 e. The van der Waals surface area contributed by atoms with Crippen molar-refractivity contribution in [1.29, 1.82) is 0 Å². The van der Waals surface area contributed by atoms with E-state index in [2.05, 4.69) is 29.6 Å². The van der Waals surface area contributed by atoms with E-state index in [9.17, 15) is 0 Å². The third-order valence-corrected chi connectivity index (χ3v) is 6.27. The Kier molecular flexibility index (Phi) is 7.41. The fraction of sp³-hybridized carbons (Fsp3) is 0.259. The van der Waals surface area contributed by atoms with E-state index in [0.717, 1.165) is 38.1 Å². The Bertz CT molecular complexity index is 1440. The largest absolute Gasteiger partial charge is 0.497 e. The molecule has 1 heterocycles. The van der Waals surface area contributed by atoms with Crippen molar-refractivity contribution >= 4 is 28.3 Å². The van der Waals surface area contributed by atoms with Crippen molar-refractivity contribution in [2.45, 2.75) is 19.9 Å². The van der Waals surface area contributed by atoms with Gasteiger partial charge >= 0.3 is 0 Å². The normalized spacial score (nSPS) is 12.0. The fourth-order valence-electron chi connectivity index (χ4n) is 3.78. The molecule has 0 aliphatic heterocycles. The van der Waals surface area contributed by atoms with Gasteiger partial charge in [-0.3, -0.25) is 4.99 Å². The highest BCUT2D eigenvalue weighted by Crippen LogP contribution is 2.39. The average Bonchev–Trinajstić information content (AvgIpc) is 3.27. The third-order valence-electron chi connectivity index (χ3n) is 5.44. The minimum absolute atomic E-state index is 0.127. The number of hydrogen-bond donors (Lipinski definition) is 0. The van der Waals surface area contributed by atoms with Crippen molar-refractivity contribution in [3.05, 3.63) is 64.3 Å². The number of nitrogens with zero attached hydrogens (tertiary/aromatic N) is 3. The molecule has 0 bridgehead atoms. The SMILES string of the molecule is COc1ccc2cc(-c3csc(=NC(C)C)n3N=Cc3ccc(OC)c(OC)c3OC)ccc2c1. The molecule has 0 saturated carbocycles. The molecule has 0 unspecified atom stereocenters. The van der Waals surface area contributed by atoms with E-state index in [1.807, 2.05) is 42.8 Å². The van der Waals surface area contributed by atoms with Crippen molar-refractivity contribution in [3.8, 4) is 34.3 Å². The highest BCUT2D eigenvalue weighted by atomic mass is 32.1. The van der Waals surface area contributed by atoms with Gasteiger partial charge in [0.25, 0.3) is 0 Å². The van der Waals surface area contributed by atoms with Crippen LogP contribution in [0.25, 0.3) is 22.0 Å². The molecule has 182 valence electrons. The van der Waals surface area contributed by atoms with E-state index < -0.39 is 0 Å². The molecule has 0 saturated heterocycles. The first-order chi connectivity index (χ1) is 17.0. The summed E-state index contributed by atoms with van der Waals surface area (Å²) in [5, 5.41) is 9.13. The molecule has 8 heteroatoms. The second kappa shape index (κ2) is 10.7. The number of benzene rings is 3. The third kappa shape index (κ3) is 5.02. The Morgan fingerprint density at radius 2 is 1.57 bits per heavy atom. The van der Waals surface area contributed by atoms with Crippen LogP contribution in [0.4, 0.5) is 0 Å². The molecule has 35 heavy (non-hydrogen) atoms. The summed E-state index contributed by atoms with van der Waals surface area (Å²) in [6.07, 6.45) is 1.75. The van der Waals surface area contributed by atoms with Gasteiger partial charge in [0.1, 0.15) is 5.75 Å². The topological polar surface area (TPSA) is 66.6 Å². The Morgan fingerprint density at radius 1 is 0.829 bits per heavy atom. The van der Waals surface area contributed by atoms with E-state index in [0.29, 0.717) is 17.2 Å². The van der Waals surface area contributed by atoms with Gasteiger partial charge in [-0.1, -0.05) is 18.2 Å². The van der Waals surface area contributed by atoms with Gasteiger partial charge < -0.3 is 18.9 Å².